The Bertz CT molecular complexity index is 301. The molecular formula is C8H11N3O. The fraction of sp³-hybridized carbons (Fsp3) is 0.500. The Morgan fingerprint density at radius 1 is 1.75 bits per heavy atom. The van der Waals surface area contributed by atoms with Crippen molar-refractivity contribution in [3.05, 3.63) is 18.0 Å². The first-order chi connectivity index (χ1) is 5.75. The summed E-state index contributed by atoms with van der Waals surface area (Å²) < 4.78 is 1.34. The molecule has 0 radical (unpaired) electrons. The first-order valence-electron chi connectivity index (χ1n) is 4.08. The van der Waals surface area contributed by atoms with E-state index < -0.39 is 0 Å². The topological polar surface area (TPSA) is 46.9 Å². The predicted molar refractivity (Wildman–Crippen MR) is 43.9 cm³/mol. The molecule has 0 spiro atoms. The van der Waals surface area contributed by atoms with Crippen LogP contribution in [0.25, 0.3) is 0 Å². The molecule has 1 aromatic rings. The van der Waals surface area contributed by atoms with Gasteiger partial charge in [-0.2, -0.15) is 9.78 Å². The first kappa shape index (κ1) is 7.34. The maximum Gasteiger partial charge on any atom is 0.342 e. The molecule has 0 atom stereocenters. The fourth-order valence-electron chi connectivity index (χ4n) is 0.992. The Morgan fingerprint density at radius 3 is 3.00 bits per heavy atom. The lowest BCUT2D eigenvalue weighted by molar-refractivity contribution is 0.239. The zero-order valence-electron chi connectivity index (χ0n) is 6.95. The van der Waals surface area contributed by atoms with Gasteiger partial charge in [0, 0.05) is 12.2 Å². The zero-order valence-corrected chi connectivity index (χ0v) is 6.95. The fourth-order valence-corrected chi connectivity index (χ4v) is 0.992. The van der Waals surface area contributed by atoms with E-state index in [0.717, 1.165) is 18.4 Å². The van der Waals surface area contributed by atoms with Crippen molar-refractivity contribution >= 4 is 6.03 Å². The van der Waals surface area contributed by atoms with Gasteiger partial charge in [-0.15, -0.1) is 0 Å². The number of aromatic nitrogens is 2. The summed E-state index contributed by atoms with van der Waals surface area (Å²) in [7, 11) is 0. The summed E-state index contributed by atoms with van der Waals surface area (Å²) in [6, 6.07) is 0.271. The number of hydrogen-bond acceptors (Lipinski definition) is 2. The van der Waals surface area contributed by atoms with Gasteiger partial charge in [-0.25, -0.2) is 4.79 Å². The Labute approximate surface area is 70.6 Å². The molecule has 1 saturated carbocycles. The number of nitrogens with zero attached hydrogens (tertiary/aromatic N) is 2. The number of aryl methyl sites for hydroxylation is 1. The average molecular weight is 165 g/mol. The number of nitrogens with one attached hydrogen (secondary N) is 1. The third-order valence-corrected chi connectivity index (χ3v) is 1.82. The smallest absolute Gasteiger partial charge is 0.333 e. The monoisotopic (exact) mass is 165 g/mol. The summed E-state index contributed by atoms with van der Waals surface area (Å²) in [5, 5.41) is 6.75. The molecule has 1 amide bonds. The minimum atomic E-state index is -0.120. The van der Waals surface area contributed by atoms with Crippen LogP contribution in [0.1, 0.15) is 18.4 Å². The van der Waals surface area contributed by atoms with E-state index >= 15 is 0 Å². The molecule has 1 heterocycles. The van der Waals surface area contributed by atoms with Gasteiger partial charge >= 0.3 is 6.03 Å². The molecule has 0 saturated heterocycles. The van der Waals surface area contributed by atoms with E-state index in [9.17, 15) is 4.79 Å². The van der Waals surface area contributed by atoms with Crippen molar-refractivity contribution in [2.45, 2.75) is 25.8 Å². The minimum Gasteiger partial charge on any atom is -0.333 e. The third kappa shape index (κ3) is 1.47. The number of amides is 1. The standard InChI is InChI=1S/C8H11N3O/c1-6-4-9-11(5-6)8(12)10-7-2-3-7/h4-5,7H,2-3H2,1H3,(H,10,12). The lowest BCUT2D eigenvalue weighted by atomic mass is 10.4. The molecule has 12 heavy (non-hydrogen) atoms. The van der Waals surface area contributed by atoms with Gasteiger partial charge in [-0.3, -0.25) is 0 Å². The molecule has 1 aliphatic rings. The molecule has 0 aliphatic heterocycles. The van der Waals surface area contributed by atoms with Crippen molar-refractivity contribution in [3.8, 4) is 0 Å². The van der Waals surface area contributed by atoms with Crippen molar-refractivity contribution in [2.75, 3.05) is 0 Å². The number of carbonyl (C=O) groups excluding carboxylic acids is 1. The zero-order chi connectivity index (χ0) is 8.55. The van der Waals surface area contributed by atoms with E-state index in [0.29, 0.717) is 6.04 Å². The number of carbonyl (C=O) groups is 1. The maximum absolute atomic E-state index is 11.3. The molecule has 1 N–H and O–H groups in total. The lowest BCUT2D eigenvalue weighted by Crippen LogP contribution is -2.30. The molecule has 4 heteroatoms. The summed E-state index contributed by atoms with van der Waals surface area (Å²) in [4.78, 5) is 11.3. The van der Waals surface area contributed by atoms with E-state index in [4.69, 9.17) is 0 Å². The molecule has 2 rings (SSSR count). The van der Waals surface area contributed by atoms with Gasteiger partial charge in [0.1, 0.15) is 0 Å². The van der Waals surface area contributed by atoms with Crippen LogP contribution in [0, 0.1) is 6.92 Å². The quantitative estimate of drug-likeness (QED) is 0.672. The molecular weight excluding hydrogens is 154 g/mol. The maximum atomic E-state index is 11.3. The Kier molecular flexibility index (Phi) is 1.60. The van der Waals surface area contributed by atoms with Gasteiger partial charge in [0.2, 0.25) is 0 Å². The van der Waals surface area contributed by atoms with Crippen LogP contribution in [-0.2, 0) is 0 Å². The van der Waals surface area contributed by atoms with E-state index in [2.05, 4.69) is 10.4 Å². The number of hydrogen-bond donors (Lipinski definition) is 1. The molecule has 1 aromatic heterocycles. The van der Waals surface area contributed by atoms with Crippen molar-refractivity contribution in [1.29, 1.82) is 0 Å². The summed E-state index contributed by atoms with van der Waals surface area (Å²) in [6.07, 6.45) is 5.60. The summed E-state index contributed by atoms with van der Waals surface area (Å²) in [5.41, 5.74) is 1.00. The normalized spacial score (nSPS) is 16.1. The van der Waals surface area contributed by atoms with Crippen LogP contribution in [-0.4, -0.2) is 21.9 Å². The highest BCUT2D eigenvalue weighted by molar-refractivity contribution is 5.76. The molecule has 1 fully saturated rings. The highest BCUT2D eigenvalue weighted by Gasteiger charge is 2.23. The minimum absolute atomic E-state index is 0.120. The Balaban J connectivity index is 2.03. The first-order valence-corrected chi connectivity index (χ1v) is 4.08. The van der Waals surface area contributed by atoms with Gasteiger partial charge in [0.15, 0.2) is 0 Å². The second kappa shape index (κ2) is 2.62. The number of rotatable bonds is 1. The predicted octanol–water partition coefficient (Wildman–Crippen LogP) is 0.912. The highest BCUT2D eigenvalue weighted by atomic mass is 16.2. The van der Waals surface area contributed by atoms with Crippen molar-refractivity contribution in [1.82, 2.24) is 15.1 Å². The van der Waals surface area contributed by atoms with Crippen LogP contribution in [0.3, 0.4) is 0 Å². The summed E-state index contributed by atoms with van der Waals surface area (Å²) in [5.74, 6) is 0. The molecule has 4 nitrogen and oxygen atoms in total. The van der Waals surface area contributed by atoms with Gasteiger partial charge < -0.3 is 5.32 Å². The van der Waals surface area contributed by atoms with Crippen LogP contribution in [0.4, 0.5) is 4.79 Å². The summed E-state index contributed by atoms with van der Waals surface area (Å²) >= 11 is 0. The van der Waals surface area contributed by atoms with Crippen LogP contribution < -0.4 is 5.32 Å². The van der Waals surface area contributed by atoms with Crippen molar-refractivity contribution < 1.29 is 4.79 Å². The van der Waals surface area contributed by atoms with Crippen LogP contribution in [0.2, 0.25) is 0 Å². The largest absolute Gasteiger partial charge is 0.342 e. The van der Waals surface area contributed by atoms with Crippen LogP contribution in [0.5, 0.6) is 0 Å². The molecule has 1 aliphatic carbocycles. The SMILES string of the molecule is Cc1cnn(C(=O)NC2CC2)c1. The Morgan fingerprint density at radius 2 is 2.50 bits per heavy atom. The second-order valence-corrected chi connectivity index (χ2v) is 3.19. The van der Waals surface area contributed by atoms with Gasteiger partial charge in [-0.1, -0.05) is 0 Å². The van der Waals surface area contributed by atoms with Crippen LogP contribution >= 0.6 is 0 Å². The highest BCUT2D eigenvalue weighted by Crippen LogP contribution is 2.18. The molecule has 0 aromatic carbocycles. The molecule has 0 unspecified atom stereocenters. The third-order valence-electron chi connectivity index (χ3n) is 1.82. The van der Waals surface area contributed by atoms with Crippen molar-refractivity contribution in [3.63, 3.8) is 0 Å². The average Bonchev–Trinajstić information content (AvgIpc) is 2.72. The second-order valence-electron chi connectivity index (χ2n) is 3.19. The lowest BCUT2D eigenvalue weighted by Gasteiger charge is -2.00. The van der Waals surface area contributed by atoms with E-state index in [1.54, 1.807) is 12.4 Å². The van der Waals surface area contributed by atoms with Gasteiger partial charge in [0.25, 0.3) is 0 Å². The summed E-state index contributed by atoms with van der Waals surface area (Å²) in [6.45, 7) is 1.91. The van der Waals surface area contributed by atoms with E-state index in [1.165, 1.54) is 4.68 Å². The van der Waals surface area contributed by atoms with E-state index in [-0.39, 0.29) is 6.03 Å². The molecule has 64 valence electrons. The van der Waals surface area contributed by atoms with Gasteiger partial charge in [-0.05, 0) is 25.3 Å². The van der Waals surface area contributed by atoms with Crippen LogP contribution in [0.15, 0.2) is 12.4 Å². The Hall–Kier alpha value is -1.32. The van der Waals surface area contributed by atoms with Gasteiger partial charge in [0.05, 0.1) is 6.20 Å². The molecule has 0 bridgehead atoms. The van der Waals surface area contributed by atoms with Crippen molar-refractivity contribution in [2.24, 2.45) is 0 Å². The van der Waals surface area contributed by atoms with E-state index in [1.807, 2.05) is 6.92 Å².